The molecule has 21 heteroatoms. The van der Waals surface area contributed by atoms with Crippen LogP contribution in [0.3, 0.4) is 0 Å². The highest BCUT2D eigenvalue weighted by Crippen LogP contribution is 2.58. The zero-order valence-electron chi connectivity index (χ0n) is 14.8. The Labute approximate surface area is 171 Å². The topological polar surface area (TPSA) is 279 Å². The molecule has 0 saturated carbocycles. The Kier molecular flexibility index (Phi) is 6.27. The van der Waals surface area contributed by atoms with Gasteiger partial charge in [0, 0.05) is 0 Å². The van der Waals surface area contributed by atoms with Crippen LogP contribution in [0, 0.1) is 0 Å². The minimum absolute atomic E-state index is 0.0183. The number of nitrogens with zero attached hydrogens (tertiary/aromatic N) is 4. The van der Waals surface area contributed by atoms with Crippen molar-refractivity contribution < 1.29 is 61.4 Å². The molecule has 0 bridgehead atoms. The van der Waals surface area contributed by atoms with Gasteiger partial charge in [-0.1, -0.05) is 0 Å². The molecule has 0 amide bonds. The summed E-state index contributed by atoms with van der Waals surface area (Å²) in [5.74, 6) is -1.61. The summed E-state index contributed by atoms with van der Waals surface area (Å²) in [6, 6.07) is 0. The number of nitrogens with two attached hydrogens (primary N) is 1. The van der Waals surface area contributed by atoms with Crippen LogP contribution in [0.1, 0.15) is 6.23 Å². The quantitative estimate of drug-likeness (QED) is 0.208. The number of phosphoric acid groups is 3. The van der Waals surface area contributed by atoms with Gasteiger partial charge < -0.3 is 34.8 Å². The number of anilines is 1. The van der Waals surface area contributed by atoms with Gasteiger partial charge in [0.1, 0.15) is 24.8 Å². The minimum Gasteiger partial charge on any atom is -0.465 e. The van der Waals surface area contributed by atoms with E-state index < -0.39 is 53.9 Å². The highest BCUT2D eigenvalue weighted by Gasteiger charge is 2.43. The van der Waals surface area contributed by atoms with Crippen LogP contribution in [0.2, 0.25) is 0 Å². The summed E-state index contributed by atoms with van der Waals surface area (Å²) in [5.41, 5.74) is 5.82. The van der Waals surface area contributed by atoms with Crippen molar-refractivity contribution in [3.8, 4) is 0 Å². The van der Waals surface area contributed by atoms with Gasteiger partial charge in [-0.25, -0.2) is 28.6 Å². The van der Waals surface area contributed by atoms with Crippen LogP contribution in [0.4, 0.5) is 5.82 Å². The molecule has 0 saturated heterocycles. The van der Waals surface area contributed by atoms with E-state index in [1.807, 2.05) is 0 Å². The number of fused-ring (bicyclic) bond motifs is 1. The summed E-state index contributed by atoms with van der Waals surface area (Å²) in [4.78, 5) is 56.3. The van der Waals surface area contributed by atoms with Gasteiger partial charge in [0.05, 0.1) is 0 Å². The Bertz CT molecular complexity index is 1170. The summed E-state index contributed by atoms with van der Waals surface area (Å²) in [6.07, 6.45) is -1.25. The van der Waals surface area contributed by atoms with Crippen LogP contribution in [0.15, 0.2) is 24.2 Å². The normalized spacial score (nSPS) is 21.9. The number of aromatic nitrogens is 4. The van der Waals surface area contributed by atoms with Gasteiger partial charge in [0.15, 0.2) is 29.1 Å². The fraction of sp³-hybridized carbons (Fsp3) is 0.300. The summed E-state index contributed by atoms with van der Waals surface area (Å²) >= 11 is 0. The number of aliphatic hydroxyl groups is 1. The van der Waals surface area contributed by atoms with E-state index >= 15 is 0 Å². The smallest absolute Gasteiger partial charge is 0.465 e. The third kappa shape index (κ3) is 5.65. The molecule has 0 fully saturated rings. The first-order valence-electron chi connectivity index (χ1n) is 7.67. The van der Waals surface area contributed by atoms with Crippen molar-refractivity contribution in [2.75, 3.05) is 12.3 Å². The largest absolute Gasteiger partial charge is 0.524 e. The van der Waals surface area contributed by atoms with E-state index in [2.05, 4.69) is 28.3 Å². The zero-order valence-corrected chi connectivity index (χ0v) is 17.4. The lowest BCUT2D eigenvalue weighted by Gasteiger charge is -2.18. The van der Waals surface area contributed by atoms with Gasteiger partial charge >= 0.3 is 23.5 Å². The first-order chi connectivity index (χ1) is 14.2. The molecule has 3 rings (SSSR count). The number of aliphatic hydroxyl groups excluding tert-OH is 1. The molecule has 18 nitrogen and oxygen atoms in total. The molecular weight excluding hydrogens is 491 g/mol. The lowest BCUT2D eigenvalue weighted by atomic mass is 10.2. The summed E-state index contributed by atoms with van der Waals surface area (Å²) in [6.45, 7) is -1.15. The predicted octanol–water partition coefficient (Wildman–Crippen LogP) is -1.15. The maximum atomic E-state index is 11.6. The van der Waals surface area contributed by atoms with E-state index in [1.165, 1.54) is 0 Å². The van der Waals surface area contributed by atoms with Crippen LogP contribution < -0.4 is 5.73 Å². The van der Waals surface area contributed by atoms with Crippen molar-refractivity contribution in [3.05, 3.63) is 24.2 Å². The molecule has 2 aromatic rings. The van der Waals surface area contributed by atoms with Crippen LogP contribution in [0.5, 0.6) is 0 Å². The average Bonchev–Trinajstić information content (AvgIpc) is 3.13. The standard InChI is InChI=1S/C10H14N5O13P3/c11-8-5-9(13-2-12-8)15(3-14-5)10-6(16)7(27-29(17,18)19)4(26-10)1-25-31(23,24)28-30(20,21)22/h2-3,6,10,16H,1H2,(H,23,24)(H2,11,12,13)(H2,17,18,19)(H2,20,21,22)/t6-,10-/m1/s1. The molecule has 3 heterocycles. The number of imidazole rings is 1. The SMILES string of the molecule is Nc1ncnc2c1ncn2[C@@H]1OC(COP(=O)(O)OP(=O)(O)O)=C(OP(=O)(O)O)[C@H]1O. The lowest BCUT2D eigenvalue weighted by Crippen LogP contribution is -2.23. The highest BCUT2D eigenvalue weighted by molar-refractivity contribution is 7.60. The molecule has 31 heavy (non-hydrogen) atoms. The van der Waals surface area contributed by atoms with Gasteiger partial charge in [-0.15, -0.1) is 0 Å². The fourth-order valence-electron chi connectivity index (χ4n) is 2.46. The van der Waals surface area contributed by atoms with Gasteiger partial charge in [-0.05, 0) is 0 Å². The molecule has 0 aromatic carbocycles. The monoisotopic (exact) mass is 505 g/mol. The van der Waals surface area contributed by atoms with Gasteiger partial charge in [0.25, 0.3) is 0 Å². The van der Waals surface area contributed by atoms with Crippen molar-refractivity contribution in [3.63, 3.8) is 0 Å². The average molecular weight is 505 g/mol. The molecule has 0 spiro atoms. The summed E-state index contributed by atoms with van der Waals surface area (Å²) in [5, 5.41) is 10.5. The number of hydrogen-bond acceptors (Lipinski definition) is 12. The van der Waals surface area contributed by atoms with Crippen molar-refractivity contribution in [2.45, 2.75) is 12.3 Å². The Morgan fingerprint density at radius 3 is 2.39 bits per heavy atom. The van der Waals surface area contributed by atoms with E-state index in [-0.39, 0.29) is 17.0 Å². The van der Waals surface area contributed by atoms with Crippen molar-refractivity contribution >= 4 is 40.4 Å². The number of ether oxygens (including phenoxy) is 1. The first kappa shape index (κ1) is 23.7. The molecule has 2 aromatic heterocycles. The van der Waals surface area contributed by atoms with Crippen LogP contribution in [0.25, 0.3) is 11.2 Å². The maximum Gasteiger partial charge on any atom is 0.524 e. The Morgan fingerprint density at radius 1 is 1.10 bits per heavy atom. The molecule has 8 N–H and O–H groups in total. The summed E-state index contributed by atoms with van der Waals surface area (Å²) < 4.78 is 52.4. The Hall–Kier alpha value is -1.94. The molecule has 0 aliphatic carbocycles. The van der Waals surface area contributed by atoms with Gasteiger partial charge in [-0.3, -0.25) is 18.9 Å². The van der Waals surface area contributed by atoms with Crippen molar-refractivity contribution in [1.82, 2.24) is 19.5 Å². The predicted molar refractivity (Wildman–Crippen MR) is 94.9 cm³/mol. The number of nitrogen functional groups attached to an aromatic ring is 1. The van der Waals surface area contributed by atoms with E-state index in [9.17, 15) is 23.7 Å². The maximum absolute atomic E-state index is 11.6. The second-order valence-electron chi connectivity index (χ2n) is 5.72. The van der Waals surface area contributed by atoms with Crippen LogP contribution in [-0.2, 0) is 31.8 Å². The molecule has 1 aliphatic rings. The van der Waals surface area contributed by atoms with Crippen LogP contribution in [-0.4, -0.2) is 61.8 Å². The fourth-order valence-corrected chi connectivity index (χ4v) is 4.47. The van der Waals surface area contributed by atoms with Gasteiger partial charge in [-0.2, -0.15) is 4.31 Å². The molecule has 0 radical (unpaired) electrons. The third-order valence-corrected chi connectivity index (χ3v) is 6.09. The van der Waals surface area contributed by atoms with E-state index in [1.54, 1.807) is 0 Å². The highest BCUT2D eigenvalue weighted by atomic mass is 31.3. The van der Waals surface area contributed by atoms with E-state index in [0.717, 1.165) is 17.2 Å². The molecular formula is C10H14N5O13P3. The minimum atomic E-state index is -5.43. The second kappa shape index (κ2) is 8.20. The van der Waals surface area contributed by atoms with Crippen LogP contribution >= 0.6 is 23.5 Å². The number of rotatable bonds is 8. The second-order valence-corrected chi connectivity index (χ2v) is 9.71. The third-order valence-electron chi connectivity index (χ3n) is 3.52. The molecule has 1 unspecified atom stereocenters. The first-order valence-corrected chi connectivity index (χ1v) is 12.2. The van der Waals surface area contributed by atoms with E-state index in [4.69, 9.17) is 30.0 Å². The van der Waals surface area contributed by atoms with Crippen molar-refractivity contribution in [2.24, 2.45) is 0 Å². The van der Waals surface area contributed by atoms with Crippen molar-refractivity contribution in [1.29, 1.82) is 0 Å². The summed E-state index contributed by atoms with van der Waals surface area (Å²) in [7, 11) is -16.0. The number of hydrogen-bond donors (Lipinski definition) is 7. The lowest BCUT2D eigenvalue weighted by molar-refractivity contribution is -0.0119. The van der Waals surface area contributed by atoms with E-state index in [0.29, 0.717) is 0 Å². The molecule has 172 valence electrons. The molecule has 3 atom stereocenters. The zero-order chi connectivity index (χ0) is 23.2. The Balaban J connectivity index is 1.91. The Morgan fingerprint density at radius 2 is 1.77 bits per heavy atom. The number of phosphoric ester groups is 2. The van der Waals surface area contributed by atoms with Gasteiger partial charge in [0.2, 0.25) is 6.23 Å². The molecule has 1 aliphatic heterocycles.